The molecule has 1 heterocycles. The number of benzene rings is 1. The molecule has 0 aliphatic rings. The molecule has 0 saturated carbocycles. The van der Waals surface area contributed by atoms with Crippen molar-refractivity contribution in [2.75, 3.05) is 0 Å². The van der Waals surface area contributed by atoms with E-state index in [2.05, 4.69) is 4.98 Å². The van der Waals surface area contributed by atoms with Gasteiger partial charge in [-0.05, 0) is 18.2 Å². The molecule has 0 fully saturated rings. The Hall–Kier alpha value is -1.42. The fourth-order valence-corrected chi connectivity index (χ4v) is 1.35. The summed E-state index contributed by atoms with van der Waals surface area (Å²) in [5, 5.41) is 8.91. The normalized spacial score (nSPS) is 11.0. The number of hydrogen-bond acceptors (Lipinski definition) is 2. The van der Waals surface area contributed by atoms with Gasteiger partial charge in [-0.3, -0.25) is 0 Å². The monoisotopic (exact) mass is 180 g/mol. The van der Waals surface area contributed by atoms with Crippen molar-refractivity contribution in [3.8, 4) is 0 Å². The van der Waals surface area contributed by atoms with Gasteiger partial charge in [0.2, 0.25) is 0 Å². The van der Waals surface area contributed by atoms with E-state index in [1.54, 1.807) is 17.7 Å². The SMILES string of the molecule is Cn1c(CO)nc2ccc(F)cc21. The van der Waals surface area contributed by atoms with E-state index in [0.717, 1.165) is 0 Å². The van der Waals surface area contributed by atoms with E-state index >= 15 is 0 Å². The van der Waals surface area contributed by atoms with Gasteiger partial charge in [-0.25, -0.2) is 9.37 Å². The first kappa shape index (κ1) is 8.19. The third kappa shape index (κ3) is 1.19. The van der Waals surface area contributed by atoms with Crippen molar-refractivity contribution >= 4 is 11.0 Å². The molecule has 0 aliphatic carbocycles. The smallest absolute Gasteiger partial charge is 0.135 e. The number of hydrogen-bond donors (Lipinski definition) is 1. The van der Waals surface area contributed by atoms with Crippen LogP contribution in [0.25, 0.3) is 11.0 Å². The van der Waals surface area contributed by atoms with Crippen LogP contribution in [0.4, 0.5) is 4.39 Å². The summed E-state index contributed by atoms with van der Waals surface area (Å²) in [6.07, 6.45) is 0. The molecule has 4 heteroatoms. The standard InChI is InChI=1S/C9H9FN2O/c1-12-8-4-6(10)2-3-7(8)11-9(12)5-13/h2-4,13H,5H2,1H3. The van der Waals surface area contributed by atoms with Crippen molar-refractivity contribution in [3.63, 3.8) is 0 Å². The zero-order valence-electron chi connectivity index (χ0n) is 7.16. The van der Waals surface area contributed by atoms with Crippen LogP contribution in [-0.4, -0.2) is 14.7 Å². The number of halogens is 1. The molecule has 2 rings (SSSR count). The Morgan fingerprint density at radius 1 is 1.54 bits per heavy atom. The Morgan fingerprint density at radius 3 is 3.00 bits per heavy atom. The highest BCUT2D eigenvalue weighted by Crippen LogP contribution is 2.15. The Labute approximate surface area is 74.4 Å². The van der Waals surface area contributed by atoms with Crippen LogP contribution in [0.2, 0.25) is 0 Å². The maximum atomic E-state index is 12.8. The van der Waals surface area contributed by atoms with Crippen LogP contribution < -0.4 is 0 Å². The molecule has 0 bridgehead atoms. The summed E-state index contributed by atoms with van der Waals surface area (Å²) in [5.74, 6) is 0.251. The van der Waals surface area contributed by atoms with E-state index in [1.807, 2.05) is 0 Å². The van der Waals surface area contributed by atoms with Crippen LogP contribution in [0.1, 0.15) is 5.82 Å². The van der Waals surface area contributed by atoms with Crippen LogP contribution in [0.5, 0.6) is 0 Å². The summed E-state index contributed by atoms with van der Waals surface area (Å²) in [6.45, 7) is -0.132. The predicted molar refractivity (Wildman–Crippen MR) is 46.6 cm³/mol. The quantitative estimate of drug-likeness (QED) is 0.716. The number of fused-ring (bicyclic) bond motifs is 1. The van der Waals surface area contributed by atoms with E-state index < -0.39 is 0 Å². The molecule has 0 saturated heterocycles. The minimum Gasteiger partial charge on any atom is -0.388 e. The van der Waals surface area contributed by atoms with Gasteiger partial charge in [0.1, 0.15) is 18.2 Å². The second-order valence-corrected chi connectivity index (χ2v) is 2.88. The average molecular weight is 180 g/mol. The number of rotatable bonds is 1. The van der Waals surface area contributed by atoms with Crippen molar-refractivity contribution in [1.29, 1.82) is 0 Å². The lowest BCUT2D eigenvalue weighted by Crippen LogP contribution is -1.96. The van der Waals surface area contributed by atoms with Crippen molar-refractivity contribution in [2.45, 2.75) is 6.61 Å². The second-order valence-electron chi connectivity index (χ2n) is 2.88. The highest BCUT2D eigenvalue weighted by molar-refractivity contribution is 5.75. The molecule has 0 aliphatic heterocycles. The van der Waals surface area contributed by atoms with E-state index in [9.17, 15) is 4.39 Å². The molecule has 2 aromatic rings. The second kappa shape index (κ2) is 2.81. The van der Waals surface area contributed by atoms with E-state index in [1.165, 1.54) is 12.1 Å². The summed E-state index contributed by atoms with van der Waals surface area (Å²) in [4.78, 5) is 4.12. The van der Waals surface area contributed by atoms with Crippen LogP contribution in [0.15, 0.2) is 18.2 Å². The fraction of sp³-hybridized carbons (Fsp3) is 0.222. The highest BCUT2D eigenvalue weighted by atomic mass is 19.1. The Kier molecular flexibility index (Phi) is 1.77. The minimum atomic E-state index is -0.292. The van der Waals surface area contributed by atoms with E-state index in [4.69, 9.17) is 5.11 Å². The van der Waals surface area contributed by atoms with Gasteiger partial charge >= 0.3 is 0 Å². The number of aliphatic hydroxyl groups excluding tert-OH is 1. The van der Waals surface area contributed by atoms with E-state index in [0.29, 0.717) is 16.9 Å². The van der Waals surface area contributed by atoms with Gasteiger partial charge in [0.05, 0.1) is 11.0 Å². The van der Waals surface area contributed by atoms with Crippen molar-refractivity contribution in [1.82, 2.24) is 9.55 Å². The lowest BCUT2D eigenvalue weighted by atomic mass is 10.3. The maximum Gasteiger partial charge on any atom is 0.135 e. The third-order valence-corrected chi connectivity index (χ3v) is 2.08. The van der Waals surface area contributed by atoms with Crippen LogP contribution >= 0.6 is 0 Å². The van der Waals surface area contributed by atoms with Gasteiger partial charge in [0.25, 0.3) is 0 Å². The first-order valence-electron chi connectivity index (χ1n) is 3.94. The minimum absolute atomic E-state index is 0.132. The first-order valence-corrected chi connectivity index (χ1v) is 3.94. The van der Waals surface area contributed by atoms with Gasteiger partial charge in [-0.1, -0.05) is 0 Å². The Bertz CT molecular complexity index is 450. The van der Waals surface area contributed by atoms with Crippen LogP contribution in [0.3, 0.4) is 0 Å². The van der Waals surface area contributed by atoms with Crippen LogP contribution in [0, 0.1) is 5.82 Å². The lowest BCUT2D eigenvalue weighted by molar-refractivity contribution is 0.268. The average Bonchev–Trinajstić information content (AvgIpc) is 2.44. The highest BCUT2D eigenvalue weighted by Gasteiger charge is 2.06. The fourth-order valence-electron chi connectivity index (χ4n) is 1.35. The molecule has 0 spiro atoms. The Balaban J connectivity index is 2.77. The molecule has 13 heavy (non-hydrogen) atoms. The summed E-state index contributed by atoms with van der Waals surface area (Å²) in [7, 11) is 1.75. The summed E-state index contributed by atoms with van der Waals surface area (Å²) in [6, 6.07) is 4.36. The largest absolute Gasteiger partial charge is 0.388 e. The van der Waals surface area contributed by atoms with Gasteiger partial charge in [0, 0.05) is 7.05 Å². The van der Waals surface area contributed by atoms with Gasteiger partial charge in [0.15, 0.2) is 0 Å². The summed E-state index contributed by atoms with van der Waals surface area (Å²) in [5.41, 5.74) is 1.40. The number of aromatic nitrogens is 2. The molecule has 1 aromatic carbocycles. The van der Waals surface area contributed by atoms with Crippen molar-refractivity contribution in [2.24, 2.45) is 7.05 Å². The summed E-state index contributed by atoms with van der Waals surface area (Å²) < 4.78 is 14.5. The number of nitrogens with zero attached hydrogens (tertiary/aromatic N) is 2. The third-order valence-electron chi connectivity index (χ3n) is 2.08. The van der Waals surface area contributed by atoms with Crippen molar-refractivity contribution < 1.29 is 9.50 Å². The number of aliphatic hydroxyl groups is 1. The summed E-state index contributed by atoms with van der Waals surface area (Å²) >= 11 is 0. The molecule has 68 valence electrons. The molecule has 0 unspecified atom stereocenters. The number of aryl methyl sites for hydroxylation is 1. The Morgan fingerprint density at radius 2 is 2.31 bits per heavy atom. The van der Waals surface area contributed by atoms with Gasteiger partial charge < -0.3 is 9.67 Å². The van der Waals surface area contributed by atoms with Gasteiger partial charge in [-0.15, -0.1) is 0 Å². The number of imidazole rings is 1. The zero-order chi connectivity index (χ0) is 9.42. The predicted octanol–water partition coefficient (Wildman–Crippen LogP) is 1.20. The molecule has 0 atom stereocenters. The lowest BCUT2D eigenvalue weighted by Gasteiger charge is -1.97. The topological polar surface area (TPSA) is 38.0 Å². The van der Waals surface area contributed by atoms with Gasteiger partial charge in [-0.2, -0.15) is 0 Å². The molecule has 3 nitrogen and oxygen atoms in total. The maximum absolute atomic E-state index is 12.8. The zero-order valence-corrected chi connectivity index (χ0v) is 7.16. The molecular formula is C9H9FN2O. The van der Waals surface area contributed by atoms with Crippen LogP contribution in [-0.2, 0) is 13.7 Å². The molecule has 1 N–H and O–H groups in total. The molecular weight excluding hydrogens is 171 g/mol. The van der Waals surface area contributed by atoms with E-state index in [-0.39, 0.29) is 12.4 Å². The van der Waals surface area contributed by atoms with Crippen molar-refractivity contribution in [3.05, 3.63) is 29.8 Å². The molecule has 0 radical (unpaired) electrons. The molecule has 0 amide bonds. The molecule has 1 aromatic heterocycles. The first-order chi connectivity index (χ1) is 6.22.